The largest absolute Gasteiger partial charge is 0.494 e. The van der Waals surface area contributed by atoms with Crippen LogP contribution in [0.25, 0.3) is 0 Å². The van der Waals surface area contributed by atoms with E-state index >= 15 is 0 Å². The van der Waals surface area contributed by atoms with Crippen LogP contribution >= 0.6 is 0 Å². The summed E-state index contributed by atoms with van der Waals surface area (Å²) in [5.74, 6) is -3.06. The molecule has 0 aromatic heterocycles. The topological polar surface area (TPSA) is 66.9 Å². The molecular weight excluding hydrogens is 397 g/mol. The first-order chi connectivity index (χ1) is 13.2. The highest BCUT2D eigenvalue weighted by atomic mass is 32.2. The molecule has 0 bridgehead atoms. The molecule has 0 saturated carbocycles. The highest BCUT2D eigenvalue weighted by Crippen LogP contribution is 2.23. The van der Waals surface area contributed by atoms with Crippen LogP contribution in [0.2, 0.25) is 0 Å². The van der Waals surface area contributed by atoms with Crippen LogP contribution in [0.5, 0.6) is 5.75 Å². The van der Waals surface area contributed by atoms with Gasteiger partial charge in [0.15, 0.2) is 11.6 Å². The lowest BCUT2D eigenvalue weighted by molar-refractivity contribution is 0.0697. The third-order valence-electron chi connectivity index (χ3n) is 4.44. The number of nitrogens with zero attached hydrogens (tertiary/aromatic N) is 2. The molecule has 10 heteroatoms. The summed E-state index contributed by atoms with van der Waals surface area (Å²) >= 11 is 0. The number of benzene rings is 2. The Morgan fingerprint density at radius 2 is 1.64 bits per heavy atom. The van der Waals surface area contributed by atoms with E-state index in [9.17, 15) is 26.4 Å². The molecule has 1 amide bonds. The number of piperazine rings is 1. The molecule has 1 fully saturated rings. The maximum Gasteiger partial charge on any atom is 0.254 e. The van der Waals surface area contributed by atoms with Crippen molar-refractivity contribution in [1.29, 1.82) is 0 Å². The predicted molar refractivity (Wildman–Crippen MR) is 94.0 cm³/mol. The normalized spacial score (nSPS) is 15.5. The first-order valence-corrected chi connectivity index (χ1v) is 9.76. The van der Waals surface area contributed by atoms with Gasteiger partial charge in [0.1, 0.15) is 16.5 Å². The molecule has 2 aromatic rings. The average molecular weight is 414 g/mol. The van der Waals surface area contributed by atoms with E-state index in [2.05, 4.69) is 0 Å². The lowest BCUT2D eigenvalue weighted by atomic mass is 10.1. The van der Waals surface area contributed by atoms with Gasteiger partial charge in [-0.2, -0.15) is 4.31 Å². The molecule has 150 valence electrons. The molecule has 1 heterocycles. The monoisotopic (exact) mass is 414 g/mol. The van der Waals surface area contributed by atoms with E-state index in [1.807, 2.05) is 0 Å². The summed E-state index contributed by atoms with van der Waals surface area (Å²) < 4.78 is 72.0. The maximum atomic E-state index is 13.9. The number of carbonyl (C=O) groups excluding carboxylic acids is 1. The molecule has 28 heavy (non-hydrogen) atoms. The number of carbonyl (C=O) groups is 1. The Bertz CT molecular complexity index is 1010. The first-order valence-electron chi connectivity index (χ1n) is 8.32. The van der Waals surface area contributed by atoms with Gasteiger partial charge in [0.05, 0.1) is 7.11 Å². The van der Waals surface area contributed by atoms with E-state index in [4.69, 9.17) is 4.74 Å². The van der Waals surface area contributed by atoms with Gasteiger partial charge in [-0.05, 0) is 36.4 Å². The molecule has 1 aliphatic rings. The van der Waals surface area contributed by atoms with Crippen molar-refractivity contribution in [3.05, 3.63) is 59.4 Å². The summed E-state index contributed by atoms with van der Waals surface area (Å²) in [6, 6.07) is 6.00. The van der Waals surface area contributed by atoms with Crippen LogP contribution in [0.3, 0.4) is 0 Å². The highest BCUT2D eigenvalue weighted by Gasteiger charge is 2.32. The second kappa shape index (κ2) is 7.80. The van der Waals surface area contributed by atoms with Gasteiger partial charge in [0.25, 0.3) is 5.91 Å². The van der Waals surface area contributed by atoms with E-state index in [-0.39, 0.29) is 37.5 Å². The summed E-state index contributed by atoms with van der Waals surface area (Å²) in [6.45, 7) is -0.128. The fourth-order valence-corrected chi connectivity index (χ4v) is 4.43. The fourth-order valence-electron chi connectivity index (χ4n) is 2.93. The Morgan fingerprint density at radius 3 is 2.25 bits per heavy atom. The zero-order valence-corrected chi connectivity index (χ0v) is 15.7. The fraction of sp³-hybridized carbons (Fsp3) is 0.278. The van der Waals surface area contributed by atoms with Crippen LogP contribution in [0.1, 0.15) is 10.4 Å². The van der Waals surface area contributed by atoms with Crippen molar-refractivity contribution >= 4 is 15.9 Å². The third-order valence-corrected chi connectivity index (χ3v) is 6.35. The smallest absolute Gasteiger partial charge is 0.254 e. The molecule has 0 radical (unpaired) electrons. The van der Waals surface area contributed by atoms with E-state index in [0.29, 0.717) is 6.07 Å². The number of amides is 1. The molecule has 0 atom stereocenters. The molecule has 0 N–H and O–H groups in total. The van der Waals surface area contributed by atoms with Crippen molar-refractivity contribution in [3.8, 4) is 5.75 Å². The number of hydrogen-bond acceptors (Lipinski definition) is 4. The van der Waals surface area contributed by atoms with Gasteiger partial charge in [-0.15, -0.1) is 0 Å². The Hall–Kier alpha value is -2.59. The van der Waals surface area contributed by atoms with E-state index in [1.54, 1.807) is 0 Å². The summed E-state index contributed by atoms with van der Waals surface area (Å²) in [4.78, 5) is 13.1. The Kier molecular flexibility index (Phi) is 5.61. The molecule has 1 aliphatic heterocycles. The lowest BCUT2D eigenvalue weighted by Gasteiger charge is -2.34. The standard InChI is InChI=1S/C18H17F3N2O4S/c1-27-16-5-2-12(10-15(16)21)18(24)22-6-8-23(9-7-22)28(25,26)17-11-13(19)3-4-14(17)20/h2-5,10-11H,6-9H2,1H3. The molecule has 0 unspecified atom stereocenters. The number of rotatable bonds is 4. The quantitative estimate of drug-likeness (QED) is 0.770. The lowest BCUT2D eigenvalue weighted by Crippen LogP contribution is -2.50. The summed E-state index contributed by atoms with van der Waals surface area (Å²) in [7, 11) is -2.93. The van der Waals surface area contributed by atoms with Gasteiger partial charge in [-0.25, -0.2) is 21.6 Å². The van der Waals surface area contributed by atoms with Crippen molar-refractivity contribution in [1.82, 2.24) is 9.21 Å². The van der Waals surface area contributed by atoms with Crippen molar-refractivity contribution in [2.24, 2.45) is 0 Å². The van der Waals surface area contributed by atoms with Gasteiger partial charge in [-0.1, -0.05) is 0 Å². The number of ether oxygens (including phenoxy) is 1. The molecule has 1 saturated heterocycles. The van der Waals surface area contributed by atoms with Crippen molar-refractivity contribution in [2.75, 3.05) is 33.3 Å². The van der Waals surface area contributed by atoms with Gasteiger partial charge in [-0.3, -0.25) is 4.79 Å². The average Bonchev–Trinajstić information content (AvgIpc) is 2.69. The molecule has 3 rings (SSSR count). The second-order valence-corrected chi connectivity index (χ2v) is 8.03. The predicted octanol–water partition coefficient (Wildman–Crippen LogP) is 2.26. The summed E-state index contributed by atoms with van der Waals surface area (Å²) in [6.07, 6.45) is 0. The van der Waals surface area contributed by atoms with Crippen LogP contribution in [0, 0.1) is 17.5 Å². The molecular formula is C18H17F3N2O4S. The first kappa shape index (κ1) is 20.2. The van der Waals surface area contributed by atoms with Crippen LogP contribution in [-0.4, -0.2) is 56.8 Å². The van der Waals surface area contributed by atoms with Gasteiger partial charge < -0.3 is 9.64 Å². The Labute approximate surface area is 160 Å². The molecule has 0 aliphatic carbocycles. The molecule has 2 aromatic carbocycles. The maximum absolute atomic E-state index is 13.9. The summed E-state index contributed by atoms with van der Waals surface area (Å²) in [5, 5.41) is 0. The third kappa shape index (κ3) is 3.83. The second-order valence-electron chi connectivity index (χ2n) is 6.12. The zero-order chi connectivity index (χ0) is 20.5. The van der Waals surface area contributed by atoms with Crippen LogP contribution in [-0.2, 0) is 10.0 Å². The van der Waals surface area contributed by atoms with E-state index in [0.717, 1.165) is 22.5 Å². The Balaban J connectivity index is 1.72. The highest BCUT2D eigenvalue weighted by molar-refractivity contribution is 7.89. The van der Waals surface area contributed by atoms with Gasteiger partial charge in [0.2, 0.25) is 10.0 Å². The Morgan fingerprint density at radius 1 is 0.964 bits per heavy atom. The van der Waals surface area contributed by atoms with Crippen molar-refractivity contribution in [2.45, 2.75) is 4.90 Å². The van der Waals surface area contributed by atoms with Crippen molar-refractivity contribution < 1.29 is 31.1 Å². The molecule has 0 spiro atoms. The number of sulfonamides is 1. The minimum absolute atomic E-state index is 0.00424. The number of halogens is 3. The SMILES string of the molecule is COc1ccc(C(=O)N2CCN(S(=O)(=O)c3cc(F)ccc3F)CC2)cc1F. The zero-order valence-electron chi connectivity index (χ0n) is 14.9. The summed E-state index contributed by atoms with van der Waals surface area (Å²) in [5.41, 5.74) is 0.103. The minimum atomic E-state index is -4.24. The minimum Gasteiger partial charge on any atom is -0.494 e. The van der Waals surface area contributed by atoms with Crippen LogP contribution < -0.4 is 4.74 Å². The van der Waals surface area contributed by atoms with Crippen LogP contribution in [0.15, 0.2) is 41.3 Å². The number of methoxy groups -OCH3 is 1. The van der Waals surface area contributed by atoms with E-state index < -0.39 is 38.3 Å². The van der Waals surface area contributed by atoms with Crippen molar-refractivity contribution in [3.63, 3.8) is 0 Å². The van der Waals surface area contributed by atoms with Gasteiger partial charge >= 0.3 is 0 Å². The van der Waals surface area contributed by atoms with Gasteiger partial charge in [0, 0.05) is 31.7 Å². The molecule has 6 nitrogen and oxygen atoms in total. The van der Waals surface area contributed by atoms with E-state index in [1.165, 1.54) is 24.1 Å². The van der Waals surface area contributed by atoms with Crippen LogP contribution in [0.4, 0.5) is 13.2 Å². The number of hydrogen-bond donors (Lipinski definition) is 0.